The fraction of sp³-hybridized carbons (Fsp3) is 0.167. The lowest BCUT2D eigenvalue weighted by Crippen LogP contribution is -1.96. The third-order valence-corrected chi connectivity index (χ3v) is 3.97. The molecular formula is C12H9BrClFOS. The first-order chi connectivity index (χ1) is 8.19. The predicted molar refractivity (Wildman–Crippen MR) is 72.7 cm³/mol. The van der Waals surface area contributed by atoms with E-state index in [9.17, 15) is 4.39 Å². The van der Waals surface area contributed by atoms with Gasteiger partial charge in [-0.1, -0.05) is 27.5 Å². The molecule has 0 saturated heterocycles. The van der Waals surface area contributed by atoms with E-state index < -0.39 is 0 Å². The van der Waals surface area contributed by atoms with Gasteiger partial charge in [-0.3, -0.25) is 0 Å². The van der Waals surface area contributed by atoms with E-state index >= 15 is 0 Å². The molecule has 0 spiro atoms. The van der Waals surface area contributed by atoms with Crippen LogP contribution in [0.4, 0.5) is 4.39 Å². The van der Waals surface area contributed by atoms with Crippen LogP contribution in [0.3, 0.4) is 0 Å². The molecule has 0 aliphatic heterocycles. The van der Waals surface area contributed by atoms with Crippen molar-refractivity contribution in [1.82, 2.24) is 0 Å². The van der Waals surface area contributed by atoms with Gasteiger partial charge in [-0.05, 0) is 30.3 Å². The molecule has 0 amide bonds. The molecule has 0 bridgehead atoms. The third kappa shape index (κ3) is 3.44. The minimum atomic E-state index is -0.258. The van der Waals surface area contributed by atoms with E-state index in [1.54, 1.807) is 6.07 Å². The van der Waals surface area contributed by atoms with Gasteiger partial charge in [0.2, 0.25) is 0 Å². The molecule has 0 aliphatic carbocycles. The highest BCUT2D eigenvalue weighted by molar-refractivity contribution is 9.08. The fourth-order valence-electron chi connectivity index (χ4n) is 1.37. The Morgan fingerprint density at radius 2 is 2.12 bits per heavy atom. The maximum Gasteiger partial charge on any atom is 0.124 e. The molecule has 17 heavy (non-hydrogen) atoms. The number of thiophene rings is 1. The van der Waals surface area contributed by atoms with E-state index in [2.05, 4.69) is 15.9 Å². The number of alkyl halides is 1. The van der Waals surface area contributed by atoms with Gasteiger partial charge in [0, 0.05) is 15.8 Å². The maximum atomic E-state index is 13.0. The summed E-state index contributed by atoms with van der Waals surface area (Å²) in [5.74, 6) is 0.429. The SMILES string of the molecule is Fc1ccc(OCc2ccc(Cl)s2)c(CBr)c1. The van der Waals surface area contributed by atoms with Crippen molar-refractivity contribution < 1.29 is 9.13 Å². The van der Waals surface area contributed by atoms with E-state index in [4.69, 9.17) is 16.3 Å². The molecule has 0 unspecified atom stereocenters. The summed E-state index contributed by atoms with van der Waals surface area (Å²) in [7, 11) is 0. The highest BCUT2D eigenvalue weighted by atomic mass is 79.9. The van der Waals surface area contributed by atoms with Crippen LogP contribution in [0.1, 0.15) is 10.4 Å². The van der Waals surface area contributed by atoms with E-state index in [0.717, 1.165) is 14.8 Å². The number of benzene rings is 1. The Kier molecular flexibility index (Phi) is 4.42. The monoisotopic (exact) mass is 334 g/mol. The van der Waals surface area contributed by atoms with Gasteiger partial charge in [-0.25, -0.2) is 4.39 Å². The summed E-state index contributed by atoms with van der Waals surface area (Å²) in [6.45, 7) is 0.447. The minimum Gasteiger partial charge on any atom is -0.488 e. The Balaban J connectivity index is 2.08. The lowest BCUT2D eigenvalue weighted by molar-refractivity contribution is 0.307. The van der Waals surface area contributed by atoms with E-state index in [1.165, 1.54) is 23.5 Å². The van der Waals surface area contributed by atoms with Gasteiger partial charge in [-0.15, -0.1) is 11.3 Å². The number of hydrogen-bond donors (Lipinski definition) is 0. The molecule has 0 atom stereocenters. The minimum absolute atomic E-state index is 0.258. The van der Waals surface area contributed by atoms with Crippen molar-refractivity contribution in [3.8, 4) is 5.75 Å². The van der Waals surface area contributed by atoms with Gasteiger partial charge in [0.25, 0.3) is 0 Å². The molecule has 0 radical (unpaired) electrons. The first kappa shape index (κ1) is 12.9. The zero-order valence-corrected chi connectivity index (χ0v) is 11.9. The predicted octanol–water partition coefficient (Wildman–Crippen LogP) is 5.01. The second-order valence-electron chi connectivity index (χ2n) is 3.38. The van der Waals surface area contributed by atoms with Crippen molar-refractivity contribution in [2.75, 3.05) is 0 Å². The van der Waals surface area contributed by atoms with Gasteiger partial charge in [0.1, 0.15) is 18.2 Å². The standard InChI is InChI=1S/C12H9BrClFOS/c13-6-8-5-9(15)1-3-11(8)16-7-10-2-4-12(14)17-10/h1-5H,6-7H2. The van der Waals surface area contributed by atoms with Crippen molar-refractivity contribution in [3.05, 3.63) is 50.9 Å². The summed E-state index contributed by atoms with van der Waals surface area (Å²) < 4.78 is 19.4. The van der Waals surface area contributed by atoms with Crippen molar-refractivity contribution in [3.63, 3.8) is 0 Å². The molecule has 2 rings (SSSR count). The first-order valence-corrected chi connectivity index (χ1v) is 7.22. The summed E-state index contributed by atoms with van der Waals surface area (Å²) in [4.78, 5) is 1.04. The van der Waals surface area contributed by atoms with Crippen LogP contribution < -0.4 is 4.74 Å². The quantitative estimate of drug-likeness (QED) is 0.713. The molecular weight excluding hydrogens is 327 g/mol. The van der Waals surface area contributed by atoms with Crippen molar-refractivity contribution in [2.24, 2.45) is 0 Å². The van der Waals surface area contributed by atoms with Crippen LogP contribution in [0.25, 0.3) is 0 Å². The summed E-state index contributed by atoms with van der Waals surface area (Å²) in [6, 6.07) is 8.25. The van der Waals surface area contributed by atoms with E-state index in [1.807, 2.05) is 12.1 Å². The first-order valence-electron chi connectivity index (χ1n) is 4.90. The van der Waals surface area contributed by atoms with Crippen LogP contribution in [-0.2, 0) is 11.9 Å². The fourth-order valence-corrected chi connectivity index (χ4v) is 2.81. The lowest BCUT2D eigenvalue weighted by atomic mass is 10.2. The molecule has 1 nitrogen and oxygen atoms in total. The largest absolute Gasteiger partial charge is 0.488 e. The number of rotatable bonds is 4. The normalized spacial score (nSPS) is 10.5. The van der Waals surface area contributed by atoms with Crippen LogP contribution in [0.2, 0.25) is 4.34 Å². The van der Waals surface area contributed by atoms with Crippen LogP contribution >= 0.6 is 38.9 Å². The molecule has 1 aromatic carbocycles. The van der Waals surface area contributed by atoms with E-state index in [-0.39, 0.29) is 5.82 Å². The molecule has 0 fully saturated rings. The summed E-state index contributed by atoms with van der Waals surface area (Å²) in [6.07, 6.45) is 0. The van der Waals surface area contributed by atoms with Crippen LogP contribution in [0.15, 0.2) is 30.3 Å². The van der Waals surface area contributed by atoms with Gasteiger partial charge >= 0.3 is 0 Å². The Labute approximate surface area is 116 Å². The molecule has 1 aromatic heterocycles. The average Bonchev–Trinajstić information content (AvgIpc) is 2.73. The highest BCUT2D eigenvalue weighted by Gasteiger charge is 2.05. The van der Waals surface area contributed by atoms with Crippen LogP contribution in [0.5, 0.6) is 5.75 Å². The van der Waals surface area contributed by atoms with Gasteiger partial charge in [0.15, 0.2) is 0 Å². The smallest absolute Gasteiger partial charge is 0.124 e. The Bertz CT molecular complexity index is 515. The summed E-state index contributed by atoms with van der Waals surface area (Å²) >= 11 is 10.6. The molecule has 0 aliphatic rings. The zero-order valence-electron chi connectivity index (χ0n) is 8.75. The highest BCUT2D eigenvalue weighted by Crippen LogP contribution is 2.26. The Hall–Kier alpha value is -0.580. The number of hydrogen-bond acceptors (Lipinski definition) is 2. The third-order valence-electron chi connectivity index (χ3n) is 2.17. The second-order valence-corrected chi connectivity index (χ2v) is 5.74. The molecule has 1 heterocycles. The second kappa shape index (κ2) is 5.85. The van der Waals surface area contributed by atoms with Gasteiger partial charge in [-0.2, -0.15) is 0 Å². The molecule has 90 valence electrons. The lowest BCUT2D eigenvalue weighted by Gasteiger charge is -2.08. The molecule has 2 aromatic rings. The van der Waals surface area contributed by atoms with Crippen molar-refractivity contribution >= 4 is 38.9 Å². The number of ether oxygens (including phenoxy) is 1. The van der Waals surface area contributed by atoms with Gasteiger partial charge in [0.05, 0.1) is 4.34 Å². The maximum absolute atomic E-state index is 13.0. The molecule has 0 N–H and O–H groups in total. The molecule has 0 saturated carbocycles. The Morgan fingerprint density at radius 1 is 1.29 bits per heavy atom. The molecule has 5 heteroatoms. The van der Waals surface area contributed by atoms with Crippen LogP contribution in [-0.4, -0.2) is 0 Å². The number of halogens is 3. The zero-order chi connectivity index (χ0) is 12.3. The summed E-state index contributed by atoms with van der Waals surface area (Å²) in [5.41, 5.74) is 0.799. The Morgan fingerprint density at radius 3 is 2.76 bits per heavy atom. The van der Waals surface area contributed by atoms with Crippen molar-refractivity contribution in [1.29, 1.82) is 0 Å². The van der Waals surface area contributed by atoms with Crippen LogP contribution in [0, 0.1) is 5.82 Å². The average molecular weight is 336 g/mol. The van der Waals surface area contributed by atoms with E-state index in [0.29, 0.717) is 17.7 Å². The summed E-state index contributed by atoms with van der Waals surface area (Å²) in [5, 5.41) is 0.561. The van der Waals surface area contributed by atoms with Crippen molar-refractivity contribution in [2.45, 2.75) is 11.9 Å². The topological polar surface area (TPSA) is 9.23 Å². The van der Waals surface area contributed by atoms with Gasteiger partial charge < -0.3 is 4.74 Å².